The lowest BCUT2D eigenvalue weighted by Crippen LogP contribution is -2.56. The summed E-state index contributed by atoms with van der Waals surface area (Å²) >= 11 is 0. The topological polar surface area (TPSA) is 102 Å². The second-order valence-corrected chi connectivity index (χ2v) is 7.97. The number of amides is 3. The summed E-state index contributed by atoms with van der Waals surface area (Å²) in [7, 11) is 0. The van der Waals surface area contributed by atoms with E-state index in [9.17, 15) is 14.4 Å². The Morgan fingerprint density at radius 1 is 1.29 bits per heavy atom. The minimum absolute atomic E-state index is 0.0728. The standard InChI is InChI=1S/C17H29N3O4/c1-6-9(2)13(19-16(23)24-17(3,4)5)15(22)20-11-7-10(11)8-12(20)14(18)21/h9-13H,6-8H2,1-5H3,(H2,18,21)(H,19,23)/t9?,10?,11-,12-,13-/m0/s1. The van der Waals surface area contributed by atoms with E-state index in [0.29, 0.717) is 12.3 Å². The molecule has 2 rings (SSSR count). The lowest BCUT2D eigenvalue weighted by molar-refractivity contribution is -0.141. The molecule has 1 aliphatic heterocycles. The SMILES string of the molecule is CCC(C)[C@H](NC(=O)OC(C)(C)C)C(=O)N1[C@H](C(N)=O)CC2C[C@@H]21. The van der Waals surface area contributed by atoms with Gasteiger partial charge in [-0.1, -0.05) is 20.3 Å². The lowest BCUT2D eigenvalue weighted by atomic mass is 9.97. The smallest absolute Gasteiger partial charge is 0.408 e. The first-order valence-electron chi connectivity index (χ1n) is 8.66. The van der Waals surface area contributed by atoms with Crippen LogP contribution in [-0.4, -0.2) is 46.5 Å². The van der Waals surface area contributed by atoms with Crippen molar-refractivity contribution in [2.75, 3.05) is 0 Å². The molecule has 3 amide bonds. The van der Waals surface area contributed by atoms with Gasteiger partial charge in [0.1, 0.15) is 17.7 Å². The Hall–Kier alpha value is -1.79. The minimum atomic E-state index is -0.717. The predicted octanol–water partition coefficient (Wildman–Crippen LogP) is 1.40. The molecule has 1 heterocycles. The van der Waals surface area contributed by atoms with Gasteiger partial charge in [-0.05, 0) is 45.4 Å². The van der Waals surface area contributed by atoms with Crippen LogP contribution in [0.4, 0.5) is 4.79 Å². The van der Waals surface area contributed by atoms with Gasteiger partial charge < -0.3 is 20.7 Å². The quantitative estimate of drug-likeness (QED) is 0.790. The highest BCUT2D eigenvalue weighted by atomic mass is 16.6. The molecule has 0 aromatic heterocycles. The molecule has 7 nitrogen and oxygen atoms in total. The van der Waals surface area contributed by atoms with Crippen LogP contribution in [0.5, 0.6) is 0 Å². The number of fused-ring (bicyclic) bond motifs is 1. The van der Waals surface area contributed by atoms with Gasteiger partial charge >= 0.3 is 6.09 Å². The van der Waals surface area contributed by atoms with Crippen molar-refractivity contribution in [3.63, 3.8) is 0 Å². The highest BCUT2D eigenvalue weighted by Gasteiger charge is 2.56. The van der Waals surface area contributed by atoms with Gasteiger partial charge in [-0.25, -0.2) is 4.79 Å². The van der Waals surface area contributed by atoms with Crippen molar-refractivity contribution < 1.29 is 19.1 Å². The summed E-state index contributed by atoms with van der Waals surface area (Å²) in [6.07, 6.45) is 1.64. The fourth-order valence-electron chi connectivity index (χ4n) is 3.31. The first kappa shape index (κ1) is 18.5. The number of hydrogen-bond acceptors (Lipinski definition) is 4. The number of hydrogen-bond donors (Lipinski definition) is 2. The zero-order valence-corrected chi connectivity index (χ0v) is 15.2. The number of carbonyl (C=O) groups is 3. The van der Waals surface area contributed by atoms with Crippen LogP contribution in [0.3, 0.4) is 0 Å². The van der Waals surface area contributed by atoms with Crippen molar-refractivity contribution in [2.45, 2.75) is 77.6 Å². The van der Waals surface area contributed by atoms with Gasteiger partial charge in [0.15, 0.2) is 0 Å². The van der Waals surface area contributed by atoms with Gasteiger partial charge in [-0.15, -0.1) is 0 Å². The van der Waals surface area contributed by atoms with Crippen LogP contribution < -0.4 is 11.1 Å². The molecule has 3 N–H and O–H groups in total. The second-order valence-electron chi connectivity index (χ2n) is 7.97. The van der Waals surface area contributed by atoms with Gasteiger partial charge in [0.05, 0.1) is 0 Å². The molecule has 1 aliphatic carbocycles. The number of alkyl carbamates (subject to hydrolysis) is 1. The molecular formula is C17H29N3O4. The summed E-state index contributed by atoms with van der Waals surface area (Å²) in [6, 6.07) is -1.19. The van der Waals surface area contributed by atoms with Crippen LogP contribution in [-0.2, 0) is 14.3 Å². The normalized spacial score (nSPS) is 27.9. The molecule has 0 radical (unpaired) electrons. The first-order valence-corrected chi connectivity index (χ1v) is 8.66. The third kappa shape index (κ3) is 3.99. The molecule has 0 aromatic carbocycles. The molecule has 136 valence electrons. The Morgan fingerprint density at radius 3 is 2.42 bits per heavy atom. The maximum Gasteiger partial charge on any atom is 0.408 e. The van der Waals surface area contributed by atoms with Crippen molar-refractivity contribution in [3.8, 4) is 0 Å². The van der Waals surface area contributed by atoms with Crippen LogP contribution in [0.15, 0.2) is 0 Å². The van der Waals surface area contributed by atoms with E-state index in [1.807, 2.05) is 13.8 Å². The Labute approximate surface area is 143 Å². The Balaban J connectivity index is 2.13. The number of piperidine rings is 1. The number of likely N-dealkylation sites (tertiary alicyclic amines) is 1. The number of carbonyl (C=O) groups excluding carboxylic acids is 3. The Morgan fingerprint density at radius 2 is 1.92 bits per heavy atom. The van der Waals surface area contributed by atoms with Crippen molar-refractivity contribution in [3.05, 3.63) is 0 Å². The van der Waals surface area contributed by atoms with Crippen LogP contribution in [0.25, 0.3) is 0 Å². The molecule has 5 atom stereocenters. The number of primary amides is 1. The van der Waals surface area contributed by atoms with Gasteiger partial charge in [-0.2, -0.15) is 0 Å². The highest BCUT2D eigenvalue weighted by Crippen LogP contribution is 2.48. The van der Waals surface area contributed by atoms with E-state index in [4.69, 9.17) is 10.5 Å². The Bertz CT molecular complexity index is 528. The fraction of sp³-hybridized carbons (Fsp3) is 0.824. The van der Waals surface area contributed by atoms with E-state index in [-0.39, 0.29) is 17.9 Å². The molecule has 0 spiro atoms. The molecule has 1 saturated carbocycles. The molecule has 7 heteroatoms. The third-order valence-corrected chi connectivity index (χ3v) is 4.84. The molecule has 1 saturated heterocycles. The van der Waals surface area contributed by atoms with Crippen molar-refractivity contribution in [2.24, 2.45) is 17.6 Å². The summed E-state index contributed by atoms with van der Waals surface area (Å²) < 4.78 is 5.27. The van der Waals surface area contributed by atoms with Gasteiger partial charge in [0.2, 0.25) is 11.8 Å². The van der Waals surface area contributed by atoms with E-state index >= 15 is 0 Å². The highest BCUT2D eigenvalue weighted by molar-refractivity contribution is 5.92. The molecule has 24 heavy (non-hydrogen) atoms. The molecule has 0 bridgehead atoms. The molecule has 2 unspecified atom stereocenters. The van der Waals surface area contributed by atoms with E-state index < -0.39 is 29.7 Å². The summed E-state index contributed by atoms with van der Waals surface area (Å²) in [5, 5.41) is 2.69. The average molecular weight is 339 g/mol. The van der Waals surface area contributed by atoms with E-state index in [2.05, 4.69) is 5.32 Å². The molecule has 2 fully saturated rings. The largest absolute Gasteiger partial charge is 0.444 e. The van der Waals surface area contributed by atoms with E-state index in [1.54, 1.807) is 25.7 Å². The summed E-state index contributed by atoms with van der Waals surface area (Å²) in [6.45, 7) is 9.16. The number of rotatable bonds is 5. The average Bonchev–Trinajstić information content (AvgIpc) is 3.11. The monoisotopic (exact) mass is 339 g/mol. The van der Waals surface area contributed by atoms with Gasteiger partial charge in [0.25, 0.3) is 0 Å². The van der Waals surface area contributed by atoms with Crippen molar-refractivity contribution >= 4 is 17.9 Å². The predicted molar refractivity (Wildman–Crippen MR) is 89.0 cm³/mol. The zero-order valence-electron chi connectivity index (χ0n) is 15.2. The summed E-state index contributed by atoms with van der Waals surface area (Å²) in [5.41, 5.74) is 4.82. The molecular weight excluding hydrogens is 310 g/mol. The minimum Gasteiger partial charge on any atom is -0.444 e. The number of nitrogens with one attached hydrogen (secondary N) is 1. The molecule has 0 aromatic rings. The van der Waals surface area contributed by atoms with Crippen LogP contribution in [0.1, 0.15) is 53.9 Å². The van der Waals surface area contributed by atoms with Gasteiger partial charge in [-0.3, -0.25) is 9.59 Å². The Kier molecular flexibility index (Phi) is 5.11. The summed E-state index contributed by atoms with van der Waals surface area (Å²) in [5.74, 6) is -0.415. The summed E-state index contributed by atoms with van der Waals surface area (Å²) in [4.78, 5) is 38.4. The number of nitrogens with zero attached hydrogens (tertiary/aromatic N) is 1. The van der Waals surface area contributed by atoms with Crippen LogP contribution in [0, 0.1) is 11.8 Å². The first-order chi connectivity index (χ1) is 11.0. The van der Waals surface area contributed by atoms with Crippen molar-refractivity contribution in [1.82, 2.24) is 10.2 Å². The van der Waals surface area contributed by atoms with Crippen LogP contribution in [0.2, 0.25) is 0 Å². The zero-order chi connectivity index (χ0) is 18.2. The lowest BCUT2D eigenvalue weighted by Gasteiger charge is -2.32. The van der Waals surface area contributed by atoms with Gasteiger partial charge in [0, 0.05) is 6.04 Å². The maximum atomic E-state index is 13.0. The van der Waals surface area contributed by atoms with E-state index in [0.717, 1.165) is 12.8 Å². The van der Waals surface area contributed by atoms with Crippen LogP contribution >= 0.6 is 0 Å². The fourth-order valence-corrected chi connectivity index (χ4v) is 3.31. The number of nitrogens with two attached hydrogens (primary N) is 1. The second kappa shape index (κ2) is 6.61. The maximum absolute atomic E-state index is 13.0. The van der Waals surface area contributed by atoms with E-state index in [1.165, 1.54) is 0 Å². The van der Waals surface area contributed by atoms with Crippen molar-refractivity contribution in [1.29, 1.82) is 0 Å². The molecule has 2 aliphatic rings. The number of ether oxygens (including phenoxy) is 1. The third-order valence-electron chi connectivity index (χ3n) is 4.84.